The quantitative estimate of drug-likeness (QED) is 0.628. The van der Waals surface area contributed by atoms with Crippen molar-refractivity contribution in [3.63, 3.8) is 0 Å². The van der Waals surface area contributed by atoms with Crippen molar-refractivity contribution in [2.45, 2.75) is 24.3 Å². The lowest BCUT2D eigenvalue weighted by Crippen LogP contribution is -3.15. The average molecular weight is 382 g/mol. The molecule has 3 rings (SSSR count). The molecule has 136 valence electrons. The number of nitrogens with one attached hydrogen (secondary N) is 2. The molecule has 0 saturated carbocycles. The number of ether oxygens (including phenoxy) is 1. The van der Waals surface area contributed by atoms with Gasteiger partial charge in [0.1, 0.15) is 25.7 Å². The van der Waals surface area contributed by atoms with Gasteiger partial charge in [-0.2, -0.15) is 0 Å². The number of hydrogen-bond donors (Lipinski definition) is 3. The summed E-state index contributed by atoms with van der Waals surface area (Å²) in [4.78, 5) is 1.41. The van der Waals surface area contributed by atoms with Crippen molar-refractivity contribution in [2.75, 3.05) is 43.9 Å². The average Bonchev–Trinajstić information content (AvgIpc) is 3.05. The van der Waals surface area contributed by atoms with Gasteiger partial charge in [0.25, 0.3) is 0 Å². The van der Waals surface area contributed by atoms with Gasteiger partial charge >= 0.3 is 0 Å². The Kier molecular flexibility index (Phi) is 6.66. The number of thioether (sulfide) groups is 1. The van der Waals surface area contributed by atoms with E-state index in [2.05, 4.69) is 41.5 Å². The Hall–Kier alpha value is -1.19. The minimum atomic E-state index is -0.335. The third-order valence-electron chi connectivity index (χ3n) is 4.29. The molecular weight excluding hydrogens is 356 g/mol. The van der Waals surface area contributed by atoms with Crippen LogP contribution in [-0.4, -0.2) is 60.0 Å². The number of aromatic nitrogens is 2. The normalized spacial score (nSPS) is 16.8. The first-order valence-electron chi connectivity index (χ1n) is 8.50. The number of morpholine rings is 1. The van der Waals surface area contributed by atoms with Gasteiger partial charge in [-0.3, -0.25) is 0 Å². The first-order valence-corrected chi connectivity index (χ1v) is 10.3. The minimum Gasteiger partial charge on any atom is -0.386 e. The highest BCUT2D eigenvalue weighted by Crippen LogP contribution is 2.28. The number of aliphatic hydroxyl groups is 1. The van der Waals surface area contributed by atoms with Crippen LogP contribution in [0.1, 0.15) is 11.1 Å². The standard InChI is InChI=1S/C17H24N4O2S2/c1-12-3-4-14(9-13(12)2)18-16-19-20-17(25-16)24-11-15(22)10-21-5-7-23-8-6-21/h3-4,9,15,22H,5-8,10-11H2,1-2H3,(H,18,19)/p+1/t15-/m0/s1. The number of quaternary nitrogens is 1. The SMILES string of the molecule is Cc1ccc(Nc2nnc(SC[C@@H](O)C[NH+]3CCOCC3)s2)cc1C. The first-order chi connectivity index (χ1) is 12.1. The van der Waals surface area contributed by atoms with Crippen molar-refractivity contribution in [3.05, 3.63) is 29.3 Å². The van der Waals surface area contributed by atoms with Crippen LogP contribution in [0.5, 0.6) is 0 Å². The van der Waals surface area contributed by atoms with Gasteiger partial charge in [-0.1, -0.05) is 29.2 Å². The fourth-order valence-electron chi connectivity index (χ4n) is 2.69. The molecule has 0 aliphatic carbocycles. The highest BCUT2D eigenvalue weighted by molar-refractivity contribution is 8.01. The zero-order valence-electron chi connectivity index (χ0n) is 14.6. The number of aryl methyl sites for hydroxylation is 2. The van der Waals surface area contributed by atoms with E-state index >= 15 is 0 Å². The third kappa shape index (κ3) is 5.65. The molecule has 0 bridgehead atoms. The van der Waals surface area contributed by atoms with Gasteiger partial charge in [0.15, 0.2) is 4.34 Å². The minimum absolute atomic E-state index is 0.335. The number of rotatable bonds is 7. The number of anilines is 2. The zero-order valence-corrected chi connectivity index (χ0v) is 16.3. The zero-order chi connectivity index (χ0) is 17.6. The summed E-state index contributed by atoms with van der Waals surface area (Å²) in [6, 6.07) is 6.25. The Bertz CT molecular complexity index is 689. The van der Waals surface area contributed by atoms with E-state index < -0.39 is 0 Å². The van der Waals surface area contributed by atoms with Crippen molar-refractivity contribution in [1.29, 1.82) is 0 Å². The molecule has 1 aliphatic rings. The second kappa shape index (κ2) is 8.95. The van der Waals surface area contributed by atoms with E-state index in [1.165, 1.54) is 27.4 Å². The van der Waals surface area contributed by atoms with Gasteiger partial charge in [0.05, 0.1) is 13.2 Å². The molecule has 1 saturated heterocycles. The van der Waals surface area contributed by atoms with Crippen molar-refractivity contribution in [1.82, 2.24) is 10.2 Å². The molecule has 0 radical (unpaired) electrons. The Morgan fingerprint density at radius 3 is 2.84 bits per heavy atom. The van der Waals surface area contributed by atoms with Gasteiger partial charge in [0, 0.05) is 11.4 Å². The van der Waals surface area contributed by atoms with Gasteiger partial charge in [-0.15, -0.1) is 10.2 Å². The Morgan fingerprint density at radius 1 is 1.28 bits per heavy atom. The lowest BCUT2D eigenvalue weighted by molar-refractivity contribution is -0.910. The van der Waals surface area contributed by atoms with E-state index in [0.29, 0.717) is 5.75 Å². The molecule has 2 heterocycles. The Balaban J connectivity index is 1.47. The summed E-state index contributed by atoms with van der Waals surface area (Å²) < 4.78 is 6.22. The van der Waals surface area contributed by atoms with Crippen molar-refractivity contribution in [2.24, 2.45) is 0 Å². The topological polar surface area (TPSA) is 71.7 Å². The predicted octanol–water partition coefficient (Wildman–Crippen LogP) is 1.27. The van der Waals surface area contributed by atoms with E-state index in [4.69, 9.17) is 4.74 Å². The highest BCUT2D eigenvalue weighted by atomic mass is 32.2. The number of benzene rings is 1. The maximum Gasteiger partial charge on any atom is 0.210 e. The van der Waals surface area contributed by atoms with Crippen molar-refractivity contribution in [3.8, 4) is 0 Å². The second-order valence-electron chi connectivity index (χ2n) is 6.33. The molecule has 1 aromatic heterocycles. The Labute approximate surface area is 156 Å². The largest absolute Gasteiger partial charge is 0.386 e. The molecule has 3 N–H and O–H groups in total. The molecule has 0 amide bonds. The van der Waals surface area contributed by atoms with Crippen LogP contribution in [-0.2, 0) is 4.74 Å². The van der Waals surface area contributed by atoms with Crippen LogP contribution in [0, 0.1) is 13.8 Å². The van der Waals surface area contributed by atoms with Crippen LogP contribution >= 0.6 is 23.1 Å². The number of aliphatic hydroxyl groups excluding tert-OH is 1. The molecule has 0 unspecified atom stereocenters. The van der Waals surface area contributed by atoms with E-state index in [1.807, 2.05) is 6.07 Å². The van der Waals surface area contributed by atoms with E-state index in [9.17, 15) is 5.11 Å². The number of nitrogens with zero attached hydrogens (tertiary/aromatic N) is 2. The monoisotopic (exact) mass is 381 g/mol. The van der Waals surface area contributed by atoms with E-state index in [1.54, 1.807) is 11.8 Å². The highest BCUT2D eigenvalue weighted by Gasteiger charge is 2.19. The van der Waals surface area contributed by atoms with Gasteiger partial charge in [-0.25, -0.2) is 0 Å². The van der Waals surface area contributed by atoms with Crippen LogP contribution in [0.25, 0.3) is 0 Å². The summed E-state index contributed by atoms with van der Waals surface area (Å²) in [5.74, 6) is 0.641. The first kappa shape index (κ1) is 18.6. The van der Waals surface area contributed by atoms with E-state index in [0.717, 1.165) is 48.0 Å². The van der Waals surface area contributed by atoms with Gasteiger partial charge < -0.3 is 20.1 Å². The molecule has 1 aromatic carbocycles. The van der Waals surface area contributed by atoms with Crippen LogP contribution < -0.4 is 10.2 Å². The summed E-state index contributed by atoms with van der Waals surface area (Å²) in [5.41, 5.74) is 3.54. The predicted molar refractivity (Wildman–Crippen MR) is 102 cm³/mol. The molecule has 25 heavy (non-hydrogen) atoms. The smallest absolute Gasteiger partial charge is 0.210 e. The van der Waals surface area contributed by atoms with Crippen LogP contribution in [0.2, 0.25) is 0 Å². The molecule has 8 heteroatoms. The lowest BCUT2D eigenvalue weighted by Gasteiger charge is -2.25. The summed E-state index contributed by atoms with van der Waals surface area (Å²) in [6.07, 6.45) is -0.335. The molecule has 0 spiro atoms. The van der Waals surface area contributed by atoms with Crippen LogP contribution in [0.15, 0.2) is 22.5 Å². The van der Waals surface area contributed by atoms with Crippen LogP contribution in [0.3, 0.4) is 0 Å². The Morgan fingerprint density at radius 2 is 2.08 bits per heavy atom. The molecule has 1 aliphatic heterocycles. The van der Waals surface area contributed by atoms with Crippen molar-refractivity contribution < 1.29 is 14.7 Å². The number of hydrogen-bond acceptors (Lipinski definition) is 7. The van der Waals surface area contributed by atoms with Crippen LogP contribution in [0.4, 0.5) is 10.8 Å². The molecule has 2 aromatic rings. The fraction of sp³-hybridized carbons (Fsp3) is 0.529. The third-order valence-corrected chi connectivity index (χ3v) is 6.40. The molecule has 6 nitrogen and oxygen atoms in total. The van der Waals surface area contributed by atoms with E-state index in [-0.39, 0.29) is 6.10 Å². The molecule has 1 atom stereocenters. The summed E-state index contributed by atoms with van der Waals surface area (Å²) in [7, 11) is 0. The second-order valence-corrected chi connectivity index (χ2v) is 8.57. The maximum absolute atomic E-state index is 10.2. The molecule has 1 fully saturated rings. The van der Waals surface area contributed by atoms with Crippen molar-refractivity contribution >= 4 is 33.9 Å². The van der Waals surface area contributed by atoms with Gasteiger partial charge in [0.2, 0.25) is 5.13 Å². The maximum atomic E-state index is 10.2. The summed E-state index contributed by atoms with van der Waals surface area (Å²) in [6.45, 7) is 8.50. The molecular formula is C17H25N4O2S2+. The van der Waals surface area contributed by atoms with Gasteiger partial charge in [-0.05, 0) is 37.1 Å². The fourth-order valence-corrected chi connectivity index (χ4v) is 4.41. The summed E-state index contributed by atoms with van der Waals surface area (Å²) in [5, 5.41) is 22.7. The lowest BCUT2D eigenvalue weighted by atomic mass is 10.1. The summed E-state index contributed by atoms with van der Waals surface area (Å²) >= 11 is 3.08.